The molecule has 2 rings (SSSR count). The van der Waals surface area contributed by atoms with Crippen molar-refractivity contribution in [2.75, 3.05) is 18.4 Å². The fraction of sp³-hybridized carbons (Fsp3) is 0.769. The maximum absolute atomic E-state index is 5.52. The smallest absolute Gasteiger partial charge is 0.0761 e. The van der Waals surface area contributed by atoms with E-state index in [1.54, 1.807) is 0 Å². The number of nitrogens with one attached hydrogen (secondary N) is 1. The summed E-state index contributed by atoms with van der Waals surface area (Å²) in [5.41, 5.74) is 8.12. The maximum atomic E-state index is 5.52. The predicted molar refractivity (Wildman–Crippen MR) is 71.2 cm³/mol. The van der Waals surface area contributed by atoms with Crippen LogP contribution in [0.15, 0.2) is 6.20 Å². The molecule has 0 spiro atoms. The SMILES string of the molecule is Cn1ncc(NCCCN)c1C1CCCCC1. The molecular weight excluding hydrogens is 212 g/mol. The Morgan fingerprint density at radius 2 is 2.18 bits per heavy atom. The zero-order chi connectivity index (χ0) is 12.1. The molecule has 4 nitrogen and oxygen atoms in total. The Bertz CT molecular complexity index is 339. The molecule has 17 heavy (non-hydrogen) atoms. The average molecular weight is 236 g/mol. The van der Waals surface area contributed by atoms with Crippen LogP contribution in [0.2, 0.25) is 0 Å². The van der Waals surface area contributed by atoms with E-state index < -0.39 is 0 Å². The molecule has 1 fully saturated rings. The van der Waals surface area contributed by atoms with Gasteiger partial charge in [0.05, 0.1) is 17.6 Å². The second kappa shape index (κ2) is 6.05. The predicted octanol–water partition coefficient (Wildman–Crippen LogP) is 2.23. The van der Waals surface area contributed by atoms with E-state index in [4.69, 9.17) is 5.73 Å². The van der Waals surface area contributed by atoms with Gasteiger partial charge in [0.1, 0.15) is 0 Å². The number of aryl methyl sites for hydroxylation is 1. The van der Waals surface area contributed by atoms with Crippen LogP contribution in [-0.2, 0) is 7.05 Å². The van der Waals surface area contributed by atoms with Crippen LogP contribution in [-0.4, -0.2) is 22.9 Å². The second-order valence-electron chi connectivity index (χ2n) is 4.97. The molecule has 1 aliphatic carbocycles. The molecule has 3 N–H and O–H groups in total. The van der Waals surface area contributed by atoms with Gasteiger partial charge in [-0.15, -0.1) is 0 Å². The zero-order valence-electron chi connectivity index (χ0n) is 10.8. The van der Waals surface area contributed by atoms with E-state index in [9.17, 15) is 0 Å². The van der Waals surface area contributed by atoms with Gasteiger partial charge in [-0.1, -0.05) is 19.3 Å². The van der Waals surface area contributed by atoms with Crippen LogP contribution >= 0.6 is 0 Å². The summed E-state index contributed by atoms with van der Waals surface area (Å²) in [5, 5.41) is 7.86. The van der Waals surface area contributed by atoms with Crippen molar-refractivity contribution < 1.29 is 0 Å². The lowest BCUT2D eigenvalue weighted by molar-refractivity contribution is 0.425. The molecule has 4 heteroatoms. The van der Waals surface area contributed by atoms with Crippen LogP contribution < -0.4 is 11.1 Å². The Labute approximate surface area is 104 Å². The van der Waals surface area contributed by atoms with Gasteiger partial charge in [-0.05, 0) is 25.8 Å². The van der Waals surface area contributed by atoms with Crippen LogP contribution in [0.4, 0.5) is 5.69 Å². The van der Waals surface area contributed by atoms with Crippen LogP contribution in [0.1, 0.15) is 50.1 Å². The summed E-state index contributed by atoms with van der Waals surface area (Å²) in [6.07, 6.45) is 9.70. The molecule has 0 bridgehead atoms. The Morgan fingerprint density at radius 3 is 2.88 bits per heavy atom. The van der Waals surface area contributed by atoms with Crippen molar-refractivity contribution in [2.24, 2.45) is 12.8 Å². The summed E-state index contributed by atoms with van der Waals surface area (Å²) in [7, 11) is 2.05. The lowest BCUT2D eigenvalue weighted by Gasteiger charge is -2.23. The molecule has 0 atom stereocenters. The van der Waals surface area contributed by atoms with Crippen LogP contribution in [0.5, 0.6) is 0 Å². The molecule has 1 saturated carbocycles. The van der Waals surface area contributed by atoms with E-state index in [1.165, 1.54) is 43.5 Å². The van der Waals surface area contributed by atoms with Gasteiger partial charge in [-0.3, -0.25) is 4.68 Å². The highest BCUT2D eigenvalue weighted by atomic mass is 15.3. The van der Waals surface area contributed by atoms with Crippen molar-refractivity contribution in [3.63, 3.8) is 0 Å². The van der Waals surface area contributed by atoms with E-state index in [2.05, 4.69) is 17.5 Å². The highest BCUT2D eigenvalue weighted by Gasteiger charge is 2.21. The van der Waals surface area contributed by atoms with E-state index >= 15 is 0 Å². The van der Waals surface area contributed by atoms with Crippen LogP contribution in [0.25, 0.3) is 0 Å². The first-order valence-corrected chi connectivity index (χ1v) is 6.78. The quantitative estimate of drug-likeness (QED) is 0.771. The molecule has 0 aliphatic heterocycles. The van der Waals surface area contributed by atoms with Gasteiger partial charge < -0.3 is 11.1 Å². The molecule has 1 heterocycles. The summed E-state index contributed by atoms with van der Waals surface area (Å²) in [6, 6.07) is 0. The number of hydrogen-bond acceptors (Lipinski definition) is 3. The number of anilines is 1. The van der Waals surface area contributed by atoms with Crippen LogP contribution in [0, 0.1) is 0 Å². The standard InChI is InChI=1S/C13H24N4/c1-17-13(11-6-3-2-4-7-11)12(10-16-17)15-9-5-8-14/h10-11,15H,2-9,14H2,1H3. The molecule has 0 radical (unpaired) electrons. The number of hydrogen-bond donors (Lipinski definition) is 2. The monoisotopic (exact) mass is 236 g/mol. The van der Waals surface area contributed by atoms with Crippen LogP contribution in [0.3, 0.4) is 0 Å². The molecule has 1 aromatic rings. The lowest BCUT2D eigenvalue weighted by atomic mass is 9.86. The summed E-state index contributed by atoms with van der Waals surface area (Å²) in [6.45, 7) is 1.69. The highest BCUT2D eigenvalue weighted by molar-refractivity contribution is 5.48. The van der Waals surface area contributed by atoms with Gasteiger partial charge in [0.2, 0.25) is 0 Å². The van der Waals surface area contributed by atoms with Gasteiger partial charge in [0, 0.05) is 19.5 Å². The van der Waals surface area contributed by atoms with Crippen molar-refractivity contribution in [2.45, 2.75) is 44.4 Å². The molecule has 1 aromatic heterocycles. The largest absolute Gasteiger partial charge is 0.382 e. The minimum Gasteiger partial charge on any atom is -0.382 e. The third-order valence-electron chi connectivity index (χ3n) is 3.67. The van der Waals surface area contributed by atoms with Crippen molar-refractivity contribution in [3.05, 3.63) is 11.9 Å². The summed E-state index contributed by atoms with van der Waals surface area (Å²) in [4.78, 5) is 0. The molecule has 0 aromatic carbocycles. The first-order valence-electron chi connectivity index (χ1n) is 6.78. The lowest BCUT2D eigenvalue weighted by Crippen LogP contribution is -2.14. The normalized spacial score (nSPS) is 17.3. The first kappa shape index (κ1) is 12.4. The Balaban J connectivity index is 2.05. The van der Waals surface area contributed by atoms with Gasteiger partial charge in [-0.25, -0.2) is 0 Å². The summed E-state index contributed by atoms with van der Waals surface area (Å²) >= 11 is 0. The molecule has 0 unspecified atom stereocenters. The van der Waals surface area contributed by atoms with E-state index in [1.807, 2.05) is 10.9 Å². The highest BCUT2D eigenvalue weighted by Crippen LogP contribution is 2.35. The zero-order valence-corrected chi connectivity index (χ0v) is 10.8. The third kappa shape index (κ3) is 3.00. The van der Waals surface area contributed by atoms with Gasteiger partial charge in [0.25, 0.3) is 0 Å². The molecule has 1 aliphatic rings. The molecule has 96 valence electrons. The number of nitrogens with zero attached hydrogens (tertiary/aromatic N) is 2. The Hall–Kier alpha value is -1.03. The van der Waals surface area contributed by atoms with Crippen molar-refractivity contribution in [1.82, 2.24) is 9.78 Å². The Kier molecular flexibility index (Phi) is 4.42. The summed E-state index contributed by atoms with van der Waals surface area (Å²) < 4.78 is 2.04. The van der Waals surface area contributed by atoms with Crippen molar-refractivity contribution in [1.29, 1.82) is 0 Å². The van der Waals surface area contributed by atoms with Gasteiger partial charge in [0.15, 0.2) is 0 Å². The summed E-state index contributed by atoms with van der Waals surface area (Å²) in [5.74, 6) is 0.691. The maximum Gasteiger partial charge on any atom is 0.0761 e. The minimum atomic E-state index is 0.691. The fourth-order valence-corrected chi connectivity index (χ4v) is 2.77. The van der Waals surface area contributed by atoms with Crippen molar-refractivity contribution >= 4 is 5.69 Å². The topological polar surface area (TPSA) is 55.9 Å². The number of nitrogens with two attached hydrogens (primary N) is 1. The van der Waals surface area contributed by atoms with Gasteiger partial charge >= 0.3 is 0 Å². The third-order valence-corrected chi connectivity index (χ3v) is 3.67. The van der Waals surface area contributed by atoms with Gasteiger partial charge in [-0.2, -0.15) is 5.10 Å². The van der Waals surface area contributed by atoms with Crippen molar-refractivity contribution in [3.8, 4) is 0 Å². The Morgan fingerprint density at radius 1 is 1.41 bits per heavy atom. The second-order valence-corrected chi connectivity index (χ2v) is 4.97. The molecular formula is C13H24N4. The molecule has 0 amide bonds. The van der Waals surface area contributed by atoms with E-state index in [-0.39, 0.29) is 0 Å². The van der Waals surface area contributed by atoms with E-state index in [0.29, 0.717) is 5.92 Å². The molecule has 0 saturated heterocycles. The average Bonchev–Trinajstić information content (AvgIpc) is 2.72. The number of aromatic nitrogens is 2. The van der Waals surface area contributed by atoms with E-state index in [0.717, 1.165) is 19.5 Å². The first-order chi connectivity index (χ1) is 8.33. The number of rotatable bonds is 5. The minimum absolute atomic E-state index is 0.691. The fourth-order valence-electron chi connectivity index (χ4n) is 2.77.